The maximum absolute atomic E-state index is 12.4. The van der Waals surface area contributed by atoms with E-state index in [1.807, 2.05) is 0 Å². The third-order valence-electron chi connectivity index (χ3n) is 6.28. The van der Waals surface area contributed by atoms with Crippen molar-refractivity contribution in [3.05, 3.63) is 0 Å². The lowest BCUT2D eigenvalue weighted by atomic mass is 9.79. The van der Waals surface area contributed by atoms with Crippen LogP contribution in [0.4, 0.5) is 0 Å². The van der Waals surface area contributed by atoms with Gasteiger partial charge in [0, 0.05) is 5.38 Å². The van der Waals surface area contributed by atoms with Crippen LogP contribution in [-0.4, -0.2) is 17.5 Å². The van der Waals surface area contributed by atoms with Crippen LogP contribution >= 0.6 is 11.6 Å². The van der Waals surface area contributed by atoms with E-state index in [1.54, 1.807) is 0 Å². The molecule has 2 rings (SSSR count). The largest absolute Gasteiger partial charge is 0.462 e. The molecule has 0 aromatic rings. The van der Waals surface area contributed by atoms with Crippen molar-refractivity contribution in [1.82, 2.24) is 0 Å². The van der Waals surface area contributed by atoms with Gasteiger partial charge in [0.1, 0.15) is 6.10 Å². The SMILES string of the molecule is CCCCCCCCCC1CCC(C(=O)OC2CCC(Cl)CC2)CC1. The molecule has 0 amide bonds. The number of esters is 1. The van der Waals surface area contributed by atoms with Gasteiger partial charge >= 0.3 is 5.97 Å². The van der Waals surface area contributed by atoms with Crippen LogP contribution in [0.1, 0.15) is 110 Å². The number of ether oxygens (including phenoxy) is 1. The van der Waals surface area contributed by atoms with Crippen LogP contribution in [0, 0.1) is 11.8 Å². The number of carbonyl (C=O) groups is 1. The predicted molar refractivity (Wildman–Crippen MR) is 106 cm³/mol. The summed E-state index contributed by atoms with van der Waals surface area (Å²) in [5, 5.41) is 0.289. The van der Waals surface area contributed by atoms with Crippen molar-refractivity contribution >= 4 is 17.6 Å². The minimum Gasteiger partial charge on any atom is -0.462 e. The molecule has 2 saturated carbocycles. The van der Waals surface area contributed by atoms with E-state index < -0.39 is 0 Å². The molecule has 0 N–H and O–H groups in total. The van der Waals surface area contributed by atoms with Crippen LogP contribution in [0.5, 0.6) is 0 Å². The molecule has 0 unspecified atom stereocenters. The summed E-state index contributed by atoms with van der Waals surface area (Å²) in [6.45, 7) is 2.27. The Bertz CT molecular complexity index is 355. The first-order chi connectivity index (χ1) is 12.2. The number of alkyl halides is 1. The fraction of sp³-hybridized carbons (Fsp3) is 0.955. The normalized spacial score (nSPS) is 30.2. The molecule has 0 aromatic heterocycles. The van der Waals surface area contributed by atoms with Crippen LogP contribution in [0.3, 0.4) is 0 Å². The van der Waals surface area contributed by atoms with Crippen LogP contribution in [-0.2, 0) is 9.53 Å². The van der Waals surface area contributed by atoms with Gasteiger partial charge in [0.15, 0.2) is 0 Å². The number of halogens is 1. The van der Waals surface area contributed by atoms with Crippen LogP contribution < -0.4 is 0 Å². The molecule has 146 valence electrons. The highest BCUT2D eigenvalue weighted by molar-refractivity contribution is 6.20. The van der Waals surface area contributed by atoms with Gasteiger partial charge < -0.3 is 4.74 Å². The number of hydrogen-bond donors (Lipinski definition) is 0. The number of rotatable bonds is 10. The second kappa shape index (κ2) is 12.2. The third kappa shape index (κ3) is 8.33. The lowest BCUT2D eigenvalue weighted by Crippen LogP contribution is -2.30. The summed E-state index contributed by atoms with van der Waals surface area (Å²) < 4.78 is 5.76. The Hall–Kier alpha value is -0.240. The summed E-state index contributed by atoms with van der Waals surface area (Å²) in [4.78, 5) is 12.4. The fourth-order valence-electron chi connectivity index (χ4n) is 4.48. The molecule has 0 heterocycles. The molecule has 0 aliphatic heterocycles. The smallest absolute Gasteiger partial charge is 0.309 e. The molecule has 0 spiro atoms. The number of carbonyl (C=O) groups excluding carboxylic acids is 1. The summed E-state index contributed by atoms with van der Waals surface area (Å²) >= 11 is 6.13. The zero-order valence-electron chi connectivity index (χ0n) is 16.3. The lowest BCUT2D eigenvalue weighted by molar-refractivity contribution is -0.157. The molecule has 0 radical (unpaired) electrons. The Morgan fingerprint density at radius 2 is 1.44 bits per heavy atom. The standard InChI is InChI=1S/C22H39ClO2/c1-2-3-4-5-6-7-8-9-18-10-12-19(13-11-18)22(24)25-21-16-14-20(23)15-17-21/h18-21H,2-17H2,1H3. The van der Waals surface area contributed by atoms with Gasteiger partial charge in [-0.25, -0.2) is 0 Å². The molecule has 2 aliphatic carbocycles. The zero-order chi connectivity index (χ0) is 17.9. The van der Waals surface area contributed by atoms with Gasteiger partial charge in [0.25, 0.3) is 0 Å². The number of hydrogen-bond acceptors (Lipinski definition) is 2. The Labute approximate surface area is 160 Å². The molecule has 2 nitrogen and oxygen atoms in total. The van der Waals surface area contributed by atoms with Crippen LogP contribution in [0.2, 0.25) is 0 Å². The molecular formula is C22H39ClO2. The molecule has 0 atom stereocenters. The highest BCUT2D eigenvalue weighted by Gasteiger charge is 2.30. The van der Waals surface area contributed by atoms with Crippen LogP contribution in [0.15, 0.2) is 0 Å². The Balaban J connectivity index is 1.51. The van der Waals surface area contributed by atoms with Crippen molar-refractivity contribution in [2.45, 2.75) is 121 Å². The first-order valence-corrected chi connectivity index (χ1v) is 11.5. The molecule has 2 aliphatic rings. The van der Waals surface area contributed by atoms with E-state index in [0.717, 1.165) is 44.4 Å². The van der Waals surface area contributed by atoms with Gasteiger partial charge in [-0.15, -0.1) is 11.6 Å². The maximum Gasteiger partial charge on any atom is 0.309 e. The molecular weight excluding hydrogens is 332 g/mol. The lowest BCUT2D eigenvalue weighted by Gasteiger charge is -2.30. The van der Waals surface area contributed by atoms with E-state index in [-0.39, 0.29) is 23.4 Å². The van der Waals surface area contributed by atoms with E-state index >= 15 is 0 Å². The Kier molecular flexibility index (Phi) is 10.3. The summed E-state index contributed by atoms with van der Waals surface area (Å²) in [7, 11) is 0. The van der Waals surface area contributed by atoms with Gasteiger partial charge in [-0.3, -0.25) is 4.79 Å². The topological polar surface area (TPSA) is 26.3 Å². The average Bonchev–Trinajstić information content (AvgIpc) is 2.63. The highest BCUT2D eigenvalue weighted by atomic mass is 35.5. The van der Waals surface area contributed by atoms with Gasteiger partial charge in [-0.2, -0.15) is 0 Å². The summed E-state index contributed by atoms with van der Waals surface area (Å²) in [5.41, 5.74) is 0. The fourth-order valence-corrected chi connectivity index (χ4v) is 4.73. The van der Waals surface area contributed by atoms with Gasteiger partial charge in [0.05, 0.1) is 5.92 Å². The van der Waals surface area contributed by atoms with Crippen molar-refractivity contribution in [2.75, 3.05) is 0 Å². The molecule has 0 saturated heterocycles. The van der Waals surface area contributed by atoms with E-state index in [2.05, 4.69) is 6.92 Å². The summed E-state index contributed by atoms with van der Waals surface area (Å²) in [5.74, 6) is 1.10. The Morgan fingerprint density at radius 3 is 2.08 bits per heavy atom. The quantitative estimate of drug-likeness (QED) is 0.234. The van der Waals surface area contributed by atoms with Crippen molar-refractivity contribution in [3.63, 3.8) is 0 Å². The molecule has 0 aromatic carbocycles. The van der Waals surface area contributed by atoms with Gasteiger partial charge in [-0.1, -0.05) is 58.3 Å². The molecule has 25 heavy (non-hydrogen) atoms. The second-order valence-corrected chi connectivity index (χ2v) is 9.06. The van der Waals surface area contributed by atoms with E-state index in [1.165, 1.54) is 64.2 Å². The molecule has 0 bridgehead atoms. The first-order valence-electron chi connectivity index (χ1n) is 11.0. The van der Waals surface area contributed by atoms with Crippen molar-refractivity contribution in [2.24, 2.45) is 11.8 Å². The maximum atomic E-state index is 12.4. The summed E-state index contributed by atoms with van der Waals surface area (Å²) in [6, 6.07) is 0. The van der Waals surface area contributed by atoms with E-state index in [0.29, 0.717) is 0 Å². The third-order valence-corrected chi connectivity index (χ3v) is 6.72. The first kappa shape index (κ1) is 21.1. The van der Waals surface area contributed by atoms with Crippen LogP contribution in [0.25, 0.3) is 0 Å². The van der Waals surface area contributed by atoms with Crippen molar-refractivity contribution in [1.29, 1.82) is 0 Å². The number of unbranched alkanes of at least 4 members (excludes halogenated alkanes) is 6. The second-order valence-electron chi connectivity index (χ2n) is 8.44. The average molecular weight is 371 g/mol. The van der Waals surface area contributed by atoms with Crippen molar-refractivity contribution < 1.29 is 9.53 Å². The minimum atomic E-state index is 0.0763. The minimum absolute atomic E-state index is 0.0763. The monoisotopic (exact) mass is 370 g/mol. The van der Waals surface area contributed by atoms with Crippen molar-refractivity contribution in [3.8, 4) is 0 Å². The van der Waals surface area contributed by atoms with Gasteiger partial charge in [-0.05, 0) is 57.3 Å². The Morgan fingerprint density at radius 1 is 0.840 bits per heavy atom. The van der Waals surface area contributed by atoms with E-state index in [9.17, 15) is 4.79 Å². The predicted octanol–water partition coefficient (Wildman–Crippen LogP) is 7.03. The molecule has 3 heteroatoms. The van der Waals surface area contributed by atoms with Gasteiger partial charge in [0.2, 0.25) is 0 Å². The molecule has 2 fully saturated rings. The highest BCUT2D eigenvalue weighted by Crippen LogP contribution is 2.34. The summed E-state index contributed by atoms with van der Waals surface area (Å²) in [6.07, 6.45) is 19.7. The van der Waals surface area contributed by atoms with E-state index in [4.69, 9.17) is 16.3 Å². The zero-order valence-corrected chi connectivity index (χ0v) is 17.1.